The number of ether oxygens (including phenoxy) is 1. The third-order valence-corrected chi connectivity index (χ3v) is 15.6. The largest absolute Gasteiger partial charge is 0.481 e. The van der Waals surface area contributed by atoms with Crippen LogP contribution in [0.15, 0.2) is 97.1 Å². The zero-order valence-corrected chi connectivity index (χ0v) is 45.6. The minimum Gasteiger partial charge on any atom is -0.481 e. The van der Waals surface area contributed by atoms with Crippen molar-refractivity contribution in [2.75, 3.05) is 20.2 Å². The van der Waals surface area contributed by atoms with Gasteiger partial charge in [0, 0.05) is 50.1 Å². The fourth-order valence-corrected chi connectivity index (χ4v) is 10.5. The number of fused-ring (bicyclic) bond motifs is 4. The van der Waals surface area contributed by atoms with E-state index in [4.69, 9.17) is 56.2 Å². The number of carboxylic acids is 2. The number of benzene rings is 6. The summed E-state index contributed by atoms with van der Waals surface area (Å²) in [5.41, 5.74) is 15.2. The van der Waals surface area contributed by atoms with Crippen molar-refractivity contribution in [2.24, 2.45) is 0 Å². The second-order valence-corrected chi connectivity index (χ2v) is 20.2. The van der Waals surface area contributed by atoms with Crippen molar-refractivity contribution < 1.29 is 34.1 Å². The number of carbonyl (C=O) groups excluding carboxylic acids is 2. The van der Waals surface area contributed by atoms with Crippen LogP contribution in [0, 0.1) is 13.8 Å². The first-order chi connectivity index (χ1) is 36.5. The van der Waals surface area contributed by atoms with Crippen molar-refractivity contribution >= 4 is 92.3 Å². The highest BCUT2D eigenvalue weighted by atomic mass is 35.5. The van der Waals surface area contributed by atoms with Crippen molar-refractivity contribution in [1.29, 1.82) is 0 Å². The van der Waals surface area contributed by atoms with Gasteiger partial charge >= 0.3 is 17.9 Å². The summed E-state index contributed by atoms with van der Waals surface area (Å²) < 4.78 is 8.73. The average Bonchev–Trinajstić information content (AvgIpc) is 4.09. The number of aryl methyl sites for hydroxylation is 4. The first kappa shape index (κ1) is 55.4. The second kappa shape index (κ2) is 24.4. The number of esters is 1. The van der Waals surface area contributed by atoms with Crippen LogP contribution in [0.25, 0.3) is 22.1 Å². The zero-order valence-electron chi connectivity index (χ0n) is 42.5. The molecule has 76 heavy (non-hydrogen) atoms. The Hall–Kier alpha value is -6.88. The summed E-state index contributed by atoms with van der Waals surface area (Å²) in [5, 5.41) is 40.3. The molecule has 0 radical (unpaired) electrons. The number of nitrogens with zero attached hydrogens (tertiary/aromatic N) is 7. The molecule has 0 aliphatic carbocycles. The minimum atomic E-state index is -1.01. The van der Waals surface area contributed by atoms with Crippen LogP contribution < -0.4 is 5.32 Å². The zero-order chi connectivity index (χ0) is 54.4. The van der Waals surface area contributed by atoms with Crippen molar-refractivity contribution in [3.8, 4) is 0 Å². The molecule has 0 spiro atoms. The number of hydrogen-bond acceptors (Lipinski definition) is 10. The SMILES string of the molecule is CCn1nnc2c(C)c(C(CC(=O)O)c3ccc4c(c3)CN(C(=O)c3ccc(Cl)c(Cl)c3)CC4)ccc21.CCn1nnc2c(C)c(C(CC(=O)OC)c3ccc4c(c3)CNCC4)ccc21.O=C(O)c1ccc(Cl)c(Cl)c1. The Labute approximate surface area is 459 Å². The van der Waals surface area contributed by atoms with Crippen molar-refractivity contribution in [2.45, 2.75) is 91.4 Å². The van der Waals surface area contributed by atoms with Crippen LogP contribution >= 0.6 is 46.4 Å². The van der Waals surface area contributed by atoms with E-state index in [9.17, 15) is 24.3 Å². The van der Waals surface area contributed by atoms with E-state index in [-0.39, 0.29) is 40.7 Å². The number of hydrogen-bond donors (Lipinski definition) is 3. The monoisotopic (exact) mass is 1100 g/mol. The summed E-state index contributed by atoms with van der Waals surface area (Å²) in [6, 6.07) is 29.9. The van der Waals surface area contributed by atoms with Gasteiger partial charge in [-0.05, 0) is 151 Å². The van der Waals surface area contributed by atoms with E-state index in [0.29, 0.717) is 46.7 Å². The molecule has 19 heteroatoms. The van der Waals surface area contributed by atoms with Gasteiger partial charge in [0.05, 0.1) is 56.6 Å². The summed E-state index contributed by atoms with van der Waals surface area (Å²) in [6.07, 6.45) is 2.01. The molecule has 2 aliphatic heterocycles. The highest BCUT2D eigenvalue weighted by molar-refractivity contribution is 6.42. The predicted molar refractivity (Wildman–Crippen MR) is 295 cm³/mol. The Balaban J connectivity index is 0.000000172. The number of carboxylic acid groups (broad SMARTS) is 2. The van der Waals surface area contributed by atoms with E-state index in [2.05, 4.69) is 76.2 Å². The van der Waals surface area contributed by atoms with Gasteiger partial charge in [0.1, 0.15) is 11.0 Å². The summed E-state index contributed by atoms with van der Waals surface area (Å²) in [6.45, 7) is 12.5. The molecule has 3 N–H and O–H groups in total. The smallest absolute Gasteiger partial charge is 0.335 e. The molecule has 6 aromatic carbocycles. The van der Waals surface area contributed by atoms with E-state index in [1.165, 1.54) is 36.4 Å². The van der Waals surface area contributed by atoms with Crippen LogP contribution in [0.1, 0.15) is 115 Å². The lowest BCUT2D eigenvalue weighted by atomic mass is 9.83. The maximum absolute atomic E-state index is 13.2. The summed E-state index contributed by atoms with van der Waals surface area (Å²) in [4.78, 5) is 49.5. The average molecular weight is 1110 g/mol. The molecule has 15 nitrogen and oxygen atoms in total. The van der Waals surface area contributed by atoms with Gasteiger partial charge in [-0.25, -0.2) is 14.2 Å². The quantitative estimate of drug-likeness (QED) is 0.0981. The van der Waals surface area contributed by atoms with Gasteiger partial charge in [-0.3, -0.25) is 14.4 Å². The van der Waals surface area contributed by atoms with Gasteiger partial charge in [-0.2, -0.15) is 0 Å². The first-order valence-corrected chi connectivity index (χ1v) is 26.3. The van der Waals surface area contributed by atoms with Crippen LogP contribution in [-0.4, -0.2) is 89.1 Å². The Kier molecular flexibility index (Phi) is 17.8. The Bertz CT molecular complexity index is 3510. The highest BCUT2D eigenvalue weighted by Gasteiger charge is 2.28. The molecule has 1 amide bonds. The van der Waals surface area contributed by atoms with Gasteiger partial charge in [0.15, 0.2) is 0 Å². The van der Waals surface area contributed by atoms with E-state index in [1.54, 1.807) is 23.1 Å². The molecule has 0 fully saturated rings. The molecule has 2 atom stereocenters. The number of aromatic nitrogens is 6. The number of amides is 1. The molecule has 2 aromatic heterocycles. The van der Waals surface area contributed by atoms with E-state index >= 15 is 0 Å². The van der Waals surface area contributed by atoms with E-state index < -0.39 is 11.9 Å². The van der Waals surface area contributed by atoms with Gasteiger partial charge in [-0.15, -0.1) is 10.2 Å². The maximum atomic E-state index is 13.2. The molecule has 2 unspecified atom stereocenters. The summed E-state index contributed by atoms with van der Waals surface area (Å²) in [7, 11) is 1.44. The van der Waals surface area contributed by atoms with Crippen molar-refractivity contribution in [3.63, 3.8) is 0 Å². The molecule has 2 aliphatic rings. The van der Waals surface area contributed by atoms with E-state index in [0.717, 1.165) is 99.1 Å². The van der Waals surface area contributed by atoms with Crippen LogP contribution in [0.5, 0.6) is 0 Å². The second-order valence-electron chi connectivity index (χ2n) is 18.6. The topological polar surface area (TPSA) is 195 Å². The highest BCUT2D eigenvalue weighted by Crippen LogP contribution is 2.37. The molecule has 8 aromatic rings. The van der Waals surface area contributed by atoms with Crippen molar-refractivity contribution in [3.05, 3.63) is 184 Å². The molecular formula is C57H56Cl4N8O7. The van der Waals surface area contributed by atoms with Crippen LogP contribution in [0.2, 0.25) is 20.1 Å². The number of aromatic carboxylic acids is 1. The predicted octanol–water partition coefficient (Wildman–Crippen LogP) is 11.7. The number of carbonyl (C=O) groups is 4. The minimum absolute atomic E-state index is 0.0566. The number of aliphatic carboxylic acids is 1. The first-order valence-electron chi connectivity index (χ1n) is 24.8. The van der Waals surface area contributed by atoms with Gasteiger partial charge in [-0.1, -0.05) is 105 Å². The molecule has 0 saturated heterocycles. The number of rotatable bonds is 12. The van der Waals surface area contributed by atoms with Crippen molar-refractivity contribution in [1.82, 2.24) is 40.2 Å². The Morgan fingerprint density at radius 2 is 1.16 bits per heavy atom. The molecule has 4 heterocycles. The maximum Gasteiger partial charge on any atom is 0.335 e. The Morgan fingerprint density at radius 1 is 0.632 bits per heavy atom. The lowest BCUT2D eigenvalue weighted by Crippen LogP contribution is -2.36. The molecule has 0 saturated carbocycles. The lowest BCUT2D eigenvalue weighted by Gasteiger charge is -2.30. The summed E-state index contributed by atoms with van der Waals surface area (Å²) >= 11 is 23.3. The van der Waals surface area contributed by atoms with Gasteiger partial charge in [0.25, 0.3) is 5.91 Å². The number of nitrogens with one attached hydrogen (secondary N) is 1. The van der Waals surface area contributed by atoms with Crippen LogP contribution in [0.3, 0.4) is 0 Å². The van der Waals surface area contributed by atoms with E-state index in [1.807, 2.05) is 47.5 Å². The molecular weight excluding hydrogens is 1050 g/mol. The molecule has 10 rings (SSSR count). The Morgan fingerprint density at radius 3 is 1.68 bits per heavy atom. The molecule has 394 valence electrons. The standard InChI is InChI=1S/C28H26Cl2N4O3.C22H26N4O2.C7H4Cl2O2/c1-3-34-25-9-7-21(16(2)27(25)31-32-34)22(14-26(35)36)18-5-4-17-10-11-33(15-20(17)12-18)28(37)19-6-8-23(29)24(30)13-19;1-4-26-20-8-7-18(14(2)22(20)24-25-26)19(12-21(27)28-3)16-6-5-15-9-10-23-13-17(15)11-16;8-5-2-1-4(7(10)11)3-6(5)9/h4-9,12-13,22H,3,10-11,14-15H2,1-2H3,(H,35,36);5-8,11,19,23H,4,9-10,12-13H2,1-3H3;1-3H,(H,10,11). The van der Waals surface area contributed by atoms with Gasteiger partial charge in [0.2, 0.25) is 0 Å². The normalized spacial score (nSPS) is 13.6. The third-order valence-electron chi connectivity index (χ3n) is 14.1. The summed E-state index contributed by atoms with van der Waals surface area (Å²) in [5.74, 6) is -2.65. The van der Waals surface area contributed by atoms with Crippen LogP contribution in [0.4, 0.5) is 0 Å². The third kappa shape index (κ3) is 12.2. The fraction of sp³-hybridized carbons (Fsp3) is 0.298. The number of methoxy groups -OCH3 is 1. The fourth-order valence-electron chi connectivity index (χ4n) is 9.95. The lowest BCUT2D eigenvalue weighted by molar-refractivity contribution is -0.141. The van der Waals surface area contributed by atoms with Crippen LogP contribution in [-0.2, 0) is 53.3 Å². The number of halogens is 4. The molecule has 0 bridgehead atoms. The van der Waals surface area contributed by atoms with Gasteiger partial charge < -0.3 is 25.2 Å².